The van der Waals surface area contributed by atoms with Crippen LogP contribution in [-0.4, -0.2) is 13.2 Å². The van der Waals surface area contributed by atoms with Gasteiger partial charge in [-0.05, 0) is 12.8 Å². The Hall–Kier alpha value is 1.93. The zero-order valence-corrected chi connectivity index (χ0v) is 10.1. The summed E-state index contributed by atoms with van der Waals surface area (Å²) in [4.78, 5) is 0. The van der Waals surface area contributed by atoms with Crippen LogP contribution in [0, 0.1) is 0 Å². The minimum Gasteiger partial charge on any atom is -1.00 e. The van der Waals surface area contributed by atoms with Crippen LogP contribution in [0.4, 0.5) is 0 Å². The fraction of sp³-hybridized carbons (Fsp3) is 1.00. The molecule has 0 spiro atoms. The molecular formula is C4H8Cl3OY. The normalized spacial score (nSPS) is 13.3. The Bertz CT molecular complexity index is 27.4. The van der Waals surface area contributed by atoms with Crippen molar-refractivity contribution in [1.29, 1.82) is 0 Å². The van der Waals surface area contributed by atoms with Crippen molar-refractivity contribution in [2.45, 2.75) is 12.8 Å². The SMILES string of the molecule is C1CCOC1.[Cl-].[Cl-].[Cl-].[Y+3]. The molecule has 1 saturated heterocycles. The summed E-state index contributed by atoms with van der Waals surface area (Å²) in [6, 6.07) is 0. The molecule has 0 aromatic carbocycles. The minimum absolute atomic E-state index is 0. The molecule has 0 aromatic heterocycles. The predicted octanol–water partition coefficient (Wildman–Crippen LogP) is -8.19. The number of rotatable bonds is 0. The third-order valence-corrected chi connectivity index (χ3v) is 0.827. The molecule has 1 nitrogen and oxygen atoms in total. The number of hydrogen-bond donors (Lipinski definition) is 0. The number of hydrogen-bond acceptors (Lipinski definition) is 1. The molecule has 1 aliphatic heterocycles. The van der Waals surface area contributed by atoms with Gasteiger partial charge in [0.2, 0.25) is 0 Å². The van der Waals surface area contributed by atoms with Crippen LogP contribution in [0.15, 0.2) is 0 Å². The molecular weight excluding hydrogens is 259 g/mol. The molecule has 0 saturated carbocycles. The van der Waals surface area contributed by atoms with Crippen molar-refractivity contribution in [3.05, 3.63) is 0 Å². The third-order valence-electron chi connectivity index (χ3n) is 0.827. The molecule has 0 radical (unpaired) electrons. The van der Waals surface area contributed by atoms with Gasteiger partial charge in [0, 0.05) is 13.2 Å². The summed E-state index contributed by atoms with van der Waals surface area (Å²) < 4.78 is 4.94. The standard InChI is InChI=1S/C4H8O.3ClH.Y/c1-2-4-5-3-1;;;;/h1-4H2;3*1H;/q;;;;+3/p-3. The van der Waals surface area contributed by atoms with Crippen molar-refractivity contribution in [3.8, 4) is 0 Å². The number of ether oxygens (including phenoxy) is 1. The first-order valence-electron chi connectivity index (χ1n) is 2.08. The average Bonchev–Trinajstić information content (AvgIpc) is 1.76. The fourth-order valence-corrected chi connectivity index (χ4v) is 0.510. The second-order valence-electron chi connectivity index (χ2n) is 1.32. The largest absolute Gasteiger partial charge is 3.00 e. The molecule has 9 heavy (non-hydrogen) atoms. The summed E-state index contributed by atoms with van der Waals surface area (Å²) >= 11 is 0. The zero-order chi connectivity index (χ0) is 3.54. The molecule has 0 bridgehead atoms. The Morgan fingerprint density at radius 2 is 1.11 bits per heavy atom. The van der Waals surface area contributed by atoms with Gasteiger partial charge in [-0.15, -0.1) is 0 Å². The van der Waals surface area contributed by atoms with Crippen molar-refractivity contribution < 1.29 is 74.7 Å². The molecule has 5 heteroatoms. The van der Waals surface area contributed by atoms with Crippen LogP contribution in [0.3, 0.4) is 0 Å². The topological polar surface area (TPSA) is 9.23 Å². The van der Waals surface area contributed by atoms with Crippen LogP contribution in [-0.2, 0) is 37.4 Å². The smallest absolute Gasteiger partial charge is 1.00 e. The quantitative estimate of drug-likeness (QED) is 0.424. The Balaban J connectivity index is -0.0000000312. The summed E-state index contributed by atoms with van der Waals surface area (Å²) in [6.45, 7) is 2.00. The van der Waals surface area contributed by atoms with E-state index in [-0.39, 0.29) is 69.9 Å². The molecule has 0 atom stereocenters. The monoisotopic (exact) mass is 266 g/mol. The molecule has 0 unspecified atom stereocenters. The van der Waals surface area contributed by atoms with Gasteiger partial charge in [-0.1, -0.05) is 0 Å². The summed E-state index contributed by atoms with van der Waals surface area (Å²) in [5.41, 5.74) is 0. The van der Waals surface area contributed by atoms with E-state index in [4.69, 9.17) is 4.74 Å². The van der Waals surface area contributed by atoms with Crippen molar-refractivity contribution in [2.24, 2.45) is 0 Å². The molecule has 1 fully saturated rings. The van der Waals surface area contributed by atoms with E-state index in [0.29, 0.717) is 0 Å². The van der Waals surface area contributed by atoms with Crippen LogP contribution in [0.25, 0.3) is 0 Å². The summed E-state index contributed by atoms with van der Waals surface area (Å²) in [5.74, 6) is 0. The van der Waals surface area contributed by atoms with Gasteiger partial charge in [-0.25, -0.2) is 0 Å². The Morgan fingerprint density at radius 1 is 0.778 bits per heavy atom. The second-order valence-corrected chi connectivity index (χ2v) is 1.32. The van der Waals surface area contributed by atoms with Gasteiger partial charge in [0.25, 0.3) is 0 Å². The molecule has 0 aliphatic carbocycles. The van der Waals surface area contributed by atoms with Crippen LogP contribution in [0.5, 0.6) is 0 Å². The van der Waals surface area contributed by atoms with Gasteiger partial charge in [-0.2, -0.15) is 0 Å². The maximum Gasteiger partial charge on any atom is 3.00 e. The van der Waals surface area contributed by atoms with Crippen molar-refractivity contribution >= 4 is 0 Å². The number of halogens is 3. The molecule has 1 rings (SSSR count). The summed E-state index contributed by atoms with van der Waals surface area (Å²) in [7, 11) is 0. The average molecular weight is 267 g/mol. The van der Waals surface area contributed by atoms with E-state index in [9.17, 15) is 0 Å². The van der Waals surface area contributed by atoms with E-state index in [2.05, 4.69) is 0 Å². The Morgan fingerprint density at radius 3 is 1.22 bits per heavy atom. The van der Waals surface area contributed by atoms with Crippen LogP contribution in [0.2, 0.25) is 0 Å². The van der Waals surface area contributed by atoms with Crippen molar-refractivity contribution in [1.82, 2.24) is 0 Å². The Labute approximate surface area is 99.8 Å². The Kier molecular flexibility index (Phi) is 41.1. The second kappa shape index (κ2) is 16.5. The molecule has 54 valence electrons. The first-order chi connectivity index (χ1) is 2.50. The fourth-order valence-electron chi connectivity index (χ4n) is 0.510. The van der Waals surface area contributed by atoms with E-state index in [1.165, 1.54) is 12.8 Å². The van der Waals surface area contributed by atoms with Gasteiger partial charge >= 0.3 is 32.7 Å². The first-order valence-corrected chi connectivity index (χ1v) is 2.08. The van der Waals surface area contributed by atoms with Gasteiger partial charge in [0.05, 0.1) is 0 Å². The van der Waals surface area contributed by atoms with Gasteiger partial charge < -0.3 is 42.0 Å². The van der Waals surface area contributed by atoms with Crippen LogP contribution >= 0.6 is 0 Å². The maximum absolute atomic E-state index is 4.94. The van der Waals surface area contributed by atoms with E-state index in [1.54, 1.807) is 0 Å². The third kappa shape index (κ3) is 13.0. The molecule has 0 aromatic rings. The van der Waals surface area contributed by atoms with Crippen LogP contribution in [0.1, 0.15) is 12.8 Å². The molecule has 1 aliphatic rings. The maximum atomic E-state index is 4.94. The van der Waals surface area contributed by atoms with E-state index < -0.39 is 0 Å². The molecule has 0 amide bonds. The first kappa shape index (κ1) is 22.4. The van der Waals surface area contributed by atoms with Gasteiger partial charge in [0.1, 0.15) is 0 Å². The zero-order valence-electron chi connectivity index (χ0n) is 4.95. The van der Waals surface area contributed by atoms with Gasteiger partial charge in [-0.3, -0.25) is 0 Å². The summed E-state index contributed by atoms with van der Waals surface area (Å²) in [5, 5.41) is 0. The van der Waals surface area contributed by atoms with Crippen molar-refractivity contribution in [3.63, 3.8) is 0 Å². The van der Waals surface area contributed by atoms with E-state index in [1.807, 2.05) is 0 Å². The molecule has 1 heterocycles. The predicted molar refractivity (Wildman–Crippen MR) is 20.1 cm³/mol. The van der Waals surface area contributed by atoms with Gasteiger partial charge in [0.15, 0.2) is 0 Å². The minimum atomic E-state index is 0. The van der Waals surface area contributed by atoms with Crippen molar-refractivity contribution in [2.75, 3.05) is 13.2 Å². The van der Waals surface area contributed by atoms with E-state index in [0.717, 1.165) is 13.2 Å². The molecule has 0 N–H and O–H groups in total. The van der Waals surface area contributed by atoms with E-state index >= 15 is 0 Å². The summed E-state index contributed by atoms with van der Waals surface area (Å²) in [6.07, 6.45) is 2.56. The van der Waals surface area contributed by atoms with Crippen LogP contribution < -0.4 is 37.2 Å².